The molecule has 242 valence electrons. The number of aliphatic imine (C=N–C) groups is 4. The molecule has 50 heavy (non-hydrogen) atoms. The predicted octanol–water partition coefficient (Wildman–Crippen LogP) is 9.80. The van der Waals surface area contributed by atoms with Gasteiger partial charge in [-0.3, -0.25) is 0 Å². The highest BCUT2D eigenvalue weighted by atomic mass is 15.3. The van der Waals surface area contributed by atoms with E-state index in [9.17, 15) is 0 Å². The van der Waals surface area contributed by atoms with E-state index in [2.05, 4.69) is 159 Å². The molecule has 0 radical (unpaired) electrons. The lowest BCUT2D eigenvalue weighted by molar-refractivity contribution is 0.254. The van der Waals surface area contributed by atoms with E-state index < -0.39 is 11.3 Å². The Bertz CT molecular complexity index is 1990. The van der Waals surface area contributed by atoms with Crippen LogP contribution in [0.3, 0.4) is 0 Å². The first-order valence-electron chi connectivity index (χ1n) is 17.5. The van der Waals surface area contributed by atoms with E-state index in [1.54, 1.807) is 0 Å². The zero-order valence-corrected chi connectivity index (χ0v) is 28.4. The van der Waals surface area contributed by atoms with Crippen LogP contribution in [0.1, 0.15) is 58.4 Å². The zero-order chi connectivity index (χ0) is 34.0. The smallest absolute Gasteiger partial charge is 0.226 e. The molecule has 0 N–H and O–H groups in total. The molecular weight excluding hydrogens is 609 g/mol. The van der Waals surface area contributed by atoms with E-state index in [1.807, 2.05) is 24.3 Å². The number of hydrogen-bond donors (Lipinski definition) is 0. The Kier molecular flexibility index (Phi) is 8.22. The molecule has 2 aliphatic heterocycles. The molecule has 6 aromatic carbocycles. The molecular formula is C46H38N4. The lowest BCUT2D eigenvalue weighted by Crippen LogP contribution is -2.44. The molecule has 4 nitrogen and oxygen atoms in total. The van der Waals surface area contributed by atoms with Gasteiger partial charge >= 0.3 is 0 Å². The van der Waals surface area contributed by atoms with Crippen LogP contribution in [0.2, 0.25) is 0 Å². The van der Waals surface area contributed by atoms with Gasteiger partial charge in [-0.1, -0.05) is 184 Å². The van der Waals surface area contributed by atoms with E-state index in [-0.39, 0.29) is 0 Å². The minimum Gasteiger partial charge on any atom is -0.243 e. The molecule has 0 saturated carbocycles. The topological polar surface area (TPSA) is 49.4 Å². The molecule has 0 amide bonds. The molecule has 0 aliphatic carbocycles. The third kappa shape index (κ3) is 5.16. The average Bonchev–Trinajstić information content (AvgIpc) is 3.82. The number of aryl methyl sites for hydroxylation is 2. The Balaban J connectivity index is 1.57. The van der Waals surface area contributed by atoms with Gasteiger partial charge in [0.05, 0.1) is 22.8 Å². The molecule has 0 unspecified atom stereocenters. The van der Waals surface area contributed by atoms with Gasteiger partial charge in [-0.15, -0.1) is 0 Å². The van der Waals surface area contributed by atoms with Crippen molar-refractivity contribution in [3.63, 3.8) is 0 Å². The highest BCUT2D eigenvalue weighted by Gasteiger charge is 2.61. The Labute approximate surface area is 294 Å². The SMILES string of the molecule is CCc1ccccc1C1(C2(c3ccccc3CC)N=C(c3ccccc3)C(c3ccccc3)=N2)N=C(c2ccccc2)C(c2ccccc2)=N1. The van der Waals surface area contributed by atoms with Crippen LogP contribution in [-0.2, 0) is 24.2 Å². The summed E-state index contributed by atoms with van der Waals surface area (Å²) in [6, 6.07) is 58.8. The Morgan fingerprint density at radius 1 is 0.320 bits per heavy atom. The summed E-state index contributed by atoms with van der Waals surface area (Å²) >= 11 is 0. The first kappa shape index (κ1) is 31.3. The van der Waals surface area contributed by atoms with E-state index in [0.717, 1.165) is 80.2 Å². The summed E-state index contributed by atoms with van der Waals surface area (Å²) in [5, 5.41) is 0. The lowest BCUT2D eigenvalue weighted by atomic mass is 9.78. The Morgan fingerprint density at radius 3 is 0.820 bits per heavy atom. The third-order valence-corrected chi connectivity index (χ3v) is 9.77. The molecule has 2 aliphatic rings. The predicted molar refractivity (Wildman–Crippen MR) is 207 cm³/mol. The Morgan fingerprint density at radius 2 is 0.560 bits per heavy atom. The van der Waals surface area contributed by atoms with Crippen LogP contribution in [0, 0.1) is 0 Å². The summed E-state index contributed by atoms with van der Waals surface area (Å²) in [6.45, 7) is 4.40. The molecule has 0 bridgehead atoms. The molecule has 0 fully saturated rings. The largest absolute Gasteiger partial charge is 0.243 e. The number of benzene rings is 6. The van der Waals surface area contributed by atoms with Crippen LogP contribution in [0.15, 0.2) is 190 Å². The zero-order valence-electron chi connectivity index (χ0n) is 28.4. The Hall–Kier alpha value is -6.00. The van der Waals surface area contributed by atoms with Crippen molar-refractivity contribution in [2.24, 2.45) is 20.0 Å². The molecule has 0 saturated heterocycles. The monoisotopic (exact) mass is 646 g/mol. The van der Waals surface area contributed by atoms with E-state index in [1.165, 1.54) is 0 Å². The standard InChI is InChI=1S/C46H38N4/c1-3-33-21-17-19-31-39(33)45(47-41(35-23-9-5-10-24-35)42(48-45)36-25-11-6-12-26-36)46(40-32-20-18-22-34(40)4-2)49-43(37-27-13-7-14-28-37)44(50-46)38-29-15-8-16-30-38/h5-32H,3-4H2,1-2H3. The lowest BCUT2D eigenvalue weighted by Gasteiger charge is -2.40. The maximum absolute atomic E-state index is 5.89. The number of rotatable bonds is 9. The van der Waals surface area contributed by atoms with Gasteiger partial charge in [0.2, 0.25) is 11.3 Å². The summed E-state index contributed by atoms with van der Waals surface area (Å²) in [6.07, 6.45) is 1.61. The second-order valence-corrected chi connectivity index (χ2v) is 12.7. The van der Waals surface area contributed by atoms with E-state index in [0.29, 0.717) is 0 Å². The van der Waals surface area contributed by atoms with Crippen molar-refractivity contribution in [3.8, 4) is 0 Å². The van der Waals surface area contributed by atoms with Crippen LogP contribution in [-0.4, -0.2) is 22.8 Å². The fourth-order valence-electron chi connectivity index (χ4n) is 7.36. The van der Waals surface area contributed by atoms with Gasteiger partial charge in [-0.2, -0.15) is 0 Å². The van der Waals surface area contributed by atoms with Crippen LogP contribution < -0.4 is 0 Å². The van der Waals surface area contributed by atoms with Crippen molar-refractivity contribution < 1.29 is 0 Å². The highest BCUT2D eigenvalue weighted by Crippen LogP contribution is 2.56. The molecule has 2 heterocycles. The van der Waals surface area contributed by atoms with Gasteiger partial charge in [-0.05, 0) is 24.0 Å². The van der Waals surface area contributed by atoms with Gasteiger partial charge in [0, 0.05) is 33.4 Å². The summed E-state index contributed by atoms with van der Waals surface area (Å²) in [4.78, 5) is 23.5. The molecule has 0 spiro atoms. The maximum Gasteiger partial charge on any atom is 0.226 e. The van der Waals surface area contributed by atoms with E-state index in [4.69, 9.17) is 20.0 Å². The highest BCUT2D eigenvalue weighted by molar-refractivity contribution is 6.55. The normalized spacial score (nSPS) is 16.0. The average molecular weight is 647 g/mol. The van der Waals surface area contributed by atoms with Gasteiger partial charge < -0.3 is 0 Å². The minimum atomic E-state index is -1.28. The minimum absolute atomic E-state index is 0.806. The van der Waals surface area contributed by atoms with Crippen molar-refractivity contribution in [3.05, 3.63) is 214 Å². The first-order chi connectivity index (χ1) is 24.7. The summed E-state index contributed by atoms with van der Waals surface area (Å²) in [7, 11) is 0. The van der Waals surface area contributed by atoms with Crippen molar-refractivity contribution >= 4 is 22.8 Å². The molecule has 6 aromatic rings. The molecule has 4 heteroatoms. The summed E-state index contributed by atoms with van der Waals surface area (Å²) in [5.41, 5.74) is 9.09. The number of nitrogens with zero attached hydrogens (tertiary/aromatic N) is 4. The van der Waals surface area contributed by atoms with Gasteiger partial charge in [0.15, 0.2) is 0 Å². The number of hydrogen-bond acceptors (Lipinski definition) is 4. The van der Waals surface area contributed by atoms with Crippen molar-refractivity contribution in [1.29, 1.82) is 0 Å². The van der Waals surface area contributed by atoms with Gasteiger partial charge in [0.1, 0.15) is 0 Å². The van der Waals surface area contributed by atoms with Crippen LogP contribution in [0.4, 0.5) is 0 Å². The fourth-order valence-corrected chi connectivity index (χ4v) is 7.36. The van der Waals surface area contributed by atoms with Crippen LogP contribution >= 0.6 is 0 Å². The van der Waals surface area contributed by atoms with Crippen LogP contribution in [0.5, 0.6) is 0 Å². The first-order valence-corrected chi connectivity index (χ1v) is 17.5. The molecule has 8 rings (SSSR count). The van der Waals surface area contributed by atoms with Crippen molar-refractivity contribution in [2.45, 2.75) is 38.0 Å². The van der Waals surface area contributed by atoms with Gasteiger partial charge in [-0.25, -0.2) is 20.0 Å². The third-order valence-electron chi connectivity index (χ3n) is 9.77. The maximum atomic E-state index is 5.89. The second kappa shape index (κ2) is 13.1. The molecule has 0 aromatic heterocycles. The van der Waals surface area contributed by atoms with Gasteiger partial charge in [0.25, 0.3) is 0 Å². The molecule has 0 atom stereocenters. The van der Waals surface area contributed by atoms with Crippen molar-refractivity contribution in [2.75, 3.05) is 0 Å². The van der Waals surface area contributed by atoms with E-state index >= 15 is 0 Å². The quantitative estimate of drug-likeness (QED) is 0.150. The second-order valence-electron chi connectivity index (χ2n) is 12.7. The van der Waals surface area contributed by atoms with Crippen molar-refractivity contribution in [1.82, 2.24) is 0 Å². The summed E-state index contributed by atoms with van der Waals surface area (Å²) in [5.74, 6) is 0. The summed E-state index contributed by atoms with van der Waals surface area (Å²) < 4.78 is 0. The van der Waals surface area contributed by atoms with Crippen LogP contribution in [0.25, 0.3) is 0 Å². The fraction of sp³-hybridized carbons (Fsp3) is 0.130.